The molecule has 0 aliphatic rings. The highest BCUT2D eigenvalue weighted by molar-refractivity contribution is 7.90. The predicted octanol–water partition coefficient (Wildman–Crippen LogP) is 2.71. The molecule has 0 aromatic heterocycles. The lowest BCUT2D eigenvalue weighted by Gasteiger charge is -2.17. The van der Waals surface area contributed by atoms with Gasteiger partial charge in [0.2, 0.25) is 0 Å². The maximum absolute atomic E-state index is 11.4. The molecule has 1 unspecified atom stereocenters. The molecular weight excluding hydrogens is 246 g/mol. The van der Waals surface area contributed by atoms with Crippen molar-refractivity contribution in [3.63, 3.8) is 0 Å². The SMILES string of the molecule is C=CCCC(NCC)c1ccc(S(C)(=O)=O)cc1. The summed E-state index contributed by atoms with van der Waals surface area (Å²) in [5.74, 6) is 0. The second-order valence-corrected chi connectivity index (χ2v) is 6.33. The highest BCUT2D eigenvalue weighted by atomic mass is 32.2. The fourth-order valence-electron chi connectivity index (χ4n) is 1.86. The third-order valence-corrected chi connectivity index (χ3v) is 3.95. The van der Waals surface area contributed by atoms with Crippen LogP contribution >= 0.6 is 0 Å². The Bertz CT molecular complexity index is 477. The van der Waals surface area contributed by atoms with Crippen LogP contribution in [-0.2, 0) is 9.84 Å². The van der Waals surface area contributed by atoms with Gasteiger partial charge < -0.3 is 5.32 Å². The van der Waals surface area contributed by atoms with Crippen molar-refractivity contribution in [1.29, 1.82) is 0 Å². The molecule has 0 amide bonds. The summed E-state index contributed by atoms with van der Waals surface area (Å²) in [4.78, 5) is 0.366. The maximum atomic E-state index is 11.4. The summed E-state index contributed by atoms with van der Waals surface area (Å²) in [6.45, 7) is 6.67. The Balaban J connectivity index is 2.89. The van der Waals surface area contributed by atoms with Gasteiger partial charge in [-0.2, -0.15) is 0 Å². The number of nitrogens with one attached hydrogen (secondary N) is 1. The van der Waals surface area contributed by atoms with Gasteiger partial charge in [-0.05, 0) is 37.1 Å². The second-order valence-electron chi connectivity index (χ2n) is 4.32. The van der Waals surface area contributed by atoms with E-state index in [0.29, 0.717) is 4.90 Å². The average Bonchev–Trinajstić information content (AvgIpc) is 2.33. The van der Waals surface area contributed by atoms with Crippen molar-refractivity contribution < 1.29 is 8.42 Å². The van der Waals surface area contributed by atoms with Gasteiger partial charge in [-0.1, -0.05) is 25.1 Å². The minimum absolute atomic E-state index is 0.251. The summed E-state index contributed by atoms with van der Waals surface area (Å²) < 4.78 is 22.8. The maximum Gasteiger partial charge on any atom is 0.175 e. The van der Waals surface area contributed by atoms with Crippen LogP contribution in [-0.4, -0.2) is 21.2 Å². The van der Waals surface area contributed by atoms with Crippen molar-refractivity contribution in [2.24, 2.45) is 0 Å². The predicted molar refractivity (Wildman–Crippen MR) is 75.4 cm³/mol. The van der Waals surface area contributed by atoms with Crippen LogP contribution in [0.5, 0.6) is 0 Å². The Kier molecular flexibility index (Phi) is 5.56. The van der Waals surface area contributed by atoms with Crippen LogP contribution in [0, 0.1) is 0 Å². The fraction of sp³-hybridized carbons (Fsp3) is 0.429. The molecule has 1 aromatic carbocycles. The second kappa shape index (κ2) is 6.71. The standard InChI is InChI=1S/C14H21NO2S/c1-4-6-7-14(15-5-2)12-8-10-13(11-9-12)18(3,16)17/h4,8-11,14-15H,1,5-7H2,2-3H3. The molecule has 0 fully saturated rings. The smallest absolute Gasteiger partial charge is 0.175 e. The van der Waals surface area contributed by atoms with Crippen molar-refractivity contribution in [3.05, 3.63) is 42.5 Å². The Morgan fingerprint density at radius 3 is 2.39 bits per heavy atom. The van der Waals surface area contributed by atoms with Crippen LogP contribution in [0.2, 0.25) is 0 Å². The van der Waals surface area contributed by atoms with Crippen LogP contribution in [0.3, 0.4) is 0 Å². The van der Waals surface area contributed by atoms with E-state index >= 15 is 0 Å². The van der Waals surface area contributed by atoms with Crippen LogP contribution in [0.1, 0.15) is 31.4 Å². The van der Waals surface area contributed by atoms with E-state index in [1.165, 1.54) is 6.26 Å². The zero-order chi connectivity index (χ0) is 13.6. The Labute approximate surface area is 110 Å². The van der Waals surface area contributed by atoms with Gasteiger partial charge in [0.1, 0.15) is 0 Å². The Hall–Kier alpha value is -1.13. The topological polar surface area (TPSA) is 46.2 Å². The quantitative estimate of drug-likeness (QED) is 0.773. The first kappa shape index (κ1) is 14.9. The monoisotopic (exact) mass is 267 g/mol. The van der Waals surface area contributed by atoms with E-state index in [2.05, 4.69) is 18.8 Å². The molecule has 1 rings (SSSR count). The van der Waals surface area contributed by atoms with Gasteiger partial charge in [0.15, 0.2) is 9.84 Å². The molecule has 0 aliphatic heterocycles. The minimum atomic E-state index is -3.11. The largest absolute Gasteiger partial charge is 0.310 e. The lowest BCUT2D eigenvalue weighted by Crippen LogP contribution is -2.20. The molecule has 0 radical (unpaired) electrons. The van der Waals surface area contributed by atoms with Crippen LogP contribution in [0.25, 0.3) is 0 Å². The van der Waals surface area contributed by atoms with Gasteiger partial charge in [-0.15, -0.1) is 6.58 Å². The van der Waals surface area contributed by atoms with Crippen molar-refractivity contribution in [3.8, 4) is 0 Å². The van der Waals surface area contributed by atoms with Crippen molar-refractivity contribution >= 4 is 9.84 Å². The van der Waals surface area contributed by atoms with Gasteiger partial charge in [-0.25, -0.2) is 8.42 Å². The third kappa shape index (κ3) is 4.27. The van der Waals surface area contributed by atoms with Crippen LogP contribution in [0.4, 0.5) is 0 Å². The van der Waals surface area contributed by atoms with Gasteiger partial charge in [-0.3, -0.25) is 0 Å². The van der Waals surface area contributed by atoms with E-state index < -0.39 is 9.84 Å². The number of hydrogen-bond donors (Lipinski definition) is 1. The number of benzene rings is 1. The summed E-state index contributed by atoms with van der Waals surface area (Å²) in [6, 6.07) is 7.35. The molecule has 1 atom stereocenters. The van der Waals surface area contributed by atoms with Gasteiger partial charge in [0.05, 0.1) is 4.90 Å². The molecule has 0 spiro atoms. The molecule has 0 aliphatic carbocycles. The first-order valence-corrected chi connectivity index (χ1v) is 8.02. The summed E-state index contributed by atoms with van der Waals surface area (Å²) in [5, 5.41) is 3.39. The molecule has 0 saturated heterocycles. The zero-order valence-electron chi connectivity index (χ0n) is 11.0. The fourth-order valence-corrected chi connectivity index (χ4v) is 2.50. The lowest BCUT2D eigenvalue weighted by molar-refractivity contribution is 0.519. The van der Waals surface area contributed by atoms with Gasteiger partial charge >= 0.3 is 0 Å². The molecule has 0 bridgehead atoms. The highest BCUT2D eigenvalue weighted by Crippen LogP contribution is 2.20. The van der Waals surface area contributed by atoms with Crippen LogP contribution in [0.15, 0.2) is 41.8 Å². The van der Waals surface area contributed by atoms with Crippen molar-refractivity contribution in [2.75, 3.05) is 12.8 Å². The summed E-state index contributed by atoms with van der Waals surface area (Å²) in [7, 11) is -3.11. The zero-order valence-corrected chi connectivity index (χ0v) is 11.8. The normalized spacial score (nSPS) is 13.2. The minimum Gasteiger partial charge on any atom is -0.310 e. The van der Waals surface area contributed by atoms with Gasteiger partial charge in [0, 0.05) is 12.3 Å². The van der Waals surface area contributed by atoms with E-state index in [-0.39, 0.29) is 6.04 Å². The first-order valence-electron chi connectivity index (χ1n) is 6.13. The number of sulfone groups is 1. The molecule has 100 valence electrons. The molecule has 18 heavy (non-hydrogen) atoms. The summed E-state index contributed by atoms with van der Waals surface area (Å²) in [6.07, 6.45) is 5.03. The van der Waals surface area contributed by atoms with Crippen LogP contribution < -0.4 is 5.32 Å². The summed E-state index contributed by atoms with van der Waals surface area (Å²) >= 11 is 0. The number of hydrogen-bond acceptors (Lipinski definition) is 3. The van der Waals surface area contributed by atoms with Gasteiger partial charge in [0.25, 0.3) is 0 Å². The number of allylic oxidation sites excluding steroid dienone is 1. The molecular formula is C14H21NO2S. The number of rotatable bonds is 7. The van der Waals surface area contributed by atoms with E-state index in [1.807, 2.05) is 18.2 Å². The van der Waals surface area contributed by atoms with E-state index in [1.54, 1.807) is 12.1 Å². The molecule has 1 aromatic rings. The first-order chi connectivity index (χ1) is 8.49. The van der Waals surface area contributed by atoms with Crippen molar-refractivity contribution in [2.45, 2.75) is 30.7 Å². The molecule has 0 heterocycles. The van der Waals surface area contributed by atoms with E-state index in [4.69, 9.17) is 0 Å². The molecule has 3 nitrogen and oxygen atoms in total. The Morgan fingerprint density at radius 2 is 1.94 bits per heavy atom. The molecule has 0 saturated carbocycles. The summed E-state index contributed by atoms with van der Waals surface area (Å²) in [5.41, 5.74) is 1.12. The molecule has 4 heteroatoms. The average molecular weight is 267 g/mol. The van der Waals surface area contributed by atoms with E-state index in [0.717, 1.165) is 24.9 Å². The van der Waals surface area contributed by atoms with Crippen molar-refractivity contribution in [1.82, 2.24) is 5.32 Å². The lowest BCUT2D eigenvalue weighted by atomic mass is 10.0. The third-order valence-electron chi connectivity index (χ3n) is 2.82. The molecule has 1 N–H and O–H groups in total. The van der Waals surface area contributed by atoms with E-state index in [9.17, 15) is 8.42 Å². The Morgan fingerprint density at radius 1 is 1.33 bits per heavy atom. The highest BCUT2D eigenvalue weighted by Gasteiger charge is 2.11.